The molecule has 1 heterocycles. The van der Waals surface area contributed by atoms with Gasteiger partial charge in [0.25, 0.3) is 0 Å². The molecular weight excluding hydrogens is 262 g/mol. The first kappa shape index (κ1) is 16.0. The third-order valence-corrected chi connectivity index (χ3v) is 5.87. The maximum Gasteiger partial charge on any atom is 0.0474 e. The molecule has 1 aromatic rings. The second-order valence-electron chi connectivity index (χ2n) is 7.02. The summed E-state index contributed by atoms with van der Waals surface area (Å²) in [6.45, 7) is 10.5. The van der Waals surface area contributed by atoms with Crippen molar-refractivity contribution in [3.05, 3.63) is 21.9 Å². The lowest BCUT2D eigenvalue weighted by molar-refractivity contribution is 0.157. The van der Waals surface area contributed by atoms with Gasteiger partial charge in [0.15, 0.2) is 0 Å². The molecule has 1 atom stereocenters. The number of hydrogen-bond acceptors (Lipinski definition) is 2. The number of thiophene rings is 1. The molecule has 1 fully saturated rings. The fraction of sp³-hybridized carbons (Fsp3) is 0.778. The summed E-state index contributed by atoms with van der Waals surface area (Å²) in [5.74, 6) is 0.791. The second kappa shape index (κ2) is 7.09. The van der Waals surface area contributed by atoms with Crippen LogP contribution in [0.5, 0.6) is 0 Å². The minimum atomic E-state index is 0.499. The quantitative estimate of drug-likeness (QED) is 0.679. The Hall–Kier alpha value is -0.340. The lowest BCUT2D eigenvalue weighted by Crippen LogP contribution is -2.38. The maximum atomic E-state index is 3.91. The first-order valence-electron chi connectivity index (χ1n) is 8.36. The van der Waals surface area contributed by atoms with Crippen molar-refractivity contribution in [3.63, 3.8) is 0 Å². The van der Waals surface area contributed by atoms with Crippen LogP contribution < -0.4 is 5.32 Å². The van der Waals surface area contributed by atoms with Crippen LogP contribution in [0, 0.1) is 18.3 Å². The van der Waals surface area contributed by atoms with E-state index in [1.807, 2.05) is 11.3 Å². The van der Waals surface area contributed by atoms with Gasteiger partial charge in [-0.25, -0.2) is 0 Å². The molecule has 114 valence electrons. The van der Waals surface area contributed by atoms with Gasteiger partial charge in [0.1, 0.15) is 0 Å². The van der Waals surface area contributed by atoms with E-state index in [2.05, 4.69) is 44.5 Å². The number of nitrogens with one attached hydrogen (secondary N) is 1. The van der Waals surface area contributed by atoms with Gasteiger partial charge in [-0.1, -0.05) is 33.6 Å². The summed E-state index contributed by atoms with van der Waals surface area (Å²) in [6, 6.07) is 2.87. The summed E-state index contributed by atoms with van der Waals surface area (Å²) in [6.07, 6.45) is 8.24. The van der Waals surface area contributed by atoms with Crippen molar-refractivity contribution in [3.8, 4) is 0 Å². The van der Waals surface area contributed by atoms with Gasteiger partial charge in [-0.3, -0.25) is 0 Å². The summed E-state index contributed by atoms with van der Waals surface area (Å²) in [5, 5.41) is 6.18. The molecule has 0 aromatic carbocycles. The lowest BCUT2D eigenvalue weighted by atomic mass is 9.71. The Balaban J connectivity index is 2.29. The van der Waals surface area contributed by atoms with E-state index in [0.717, 1.165) is 12.5 Å². The molecule has 0 aliphatic heterocycles. The third kappa shape index (κ3) is 3.46. The smallest absolute Gasteiger partial charge is 0.0474 e. The fourth-order valence-electron chi connectivity index (χ4n) is 4.06. The Morgan fingerprint density at radius 1 is 1.30 bits per heavy atom. The van der Waals surface area contributed by atoms with Crippen LogP contribution in [0.2, 0.25) is 0 Å². The van der Waals surface area contributed by atoms with Gasteiger partial charge in [-0.05, 0) is 67.5 Å². The fourth-order valence-corrected chi connectivity index (χ4v) is 5.20. The summed E-state index contributed by atoms with van der Waals surface area (Å²) in [5.41, 5.74) is 1.98. The van der Waals surface area contributed by atoms with E-state index in [1.54, 1.807) is 4.88 Å². The van der Waals surface area contributed by atoms with Gasteiger partial charge in [-0.15, -0.1) is 11.3 Å². The molecule has 1 saturated carbocycles. The Bertz CT molecular complexity index is 401. The average Bonchev–Trinajstić information content (AvgIpc) is 3.00. The van der Waals surface area contributed by atoms with Crippen LogP contribution in [0.1, 0.15) is 75.8 Å². The maximum absolute atomic E-state index is 3.91. The largest absolute Gasteiger partial charge is 0.309 e. The zero-order valence-corrected chi connectivity index (χ0v) is 14.5. The molecule has 2 heteroatoms. The van der Waals surface area contributed by atoms with E-state index in [4.69, 9.17) is 0 Å². The first-order chi connectivity index (χ1) is 9.59. The van der Waals surface area contributed by atoms with E-state index in [9.17, 15) is 0 Å². The van der Waals surface area contributed by atoms with Crippen molar-refractivity contribution in [1.82, 2.24) is 5.32 Å². The van der Waals surface area contributed by atoms with E-state index in [-0.39, 0.29) is 0 Å². The predicted octanol–water partition coefficient (Wildman–Crippen LogP) is 5.70. The van der Waals surface area contributed by atoms with Crippen molar-refractivity contribution < 1.29 is 0 Å². The van der Waals surface area contributed by atoms with Crippen molar-refractivity contribution in [2.24, 2.45) is 11.3 Å². The zero-order valence-electron chi connectivity index (χ0n) is 13.7. The minimum absolute atomic E-state index is 0.499. The van der Waals surface area contributed by atoms with Gasteiger partial charge in [0.05, 0.1) is 0 Å². The molecule has 20 heavy (non-hydrogen) atoms. The summed E-state index contributed by atoms with van der Waals surface area (Å²) >= 11 is 1.96. The van der Waals surface area contributed by atoms with E-state index in [1.165, 1.54) is 44.1 Å². The van der Waals surface area contributed by atoms with Gasteiger partial charge in [0, 0.05) is 10.9 Å². The number of rotatable bonds is 7. The molecule has 1 aliphatic carbocycles. The molecular formula is C18H31NS. The van der Waals surface area contributed by atoms with E-state index in [0.29, 0.717) is 11.5 Å². The Kier molecular flexibility index (Phi) is 5.68. The molecule has 0 radical (unpaired) electrons. The van der Waals surface area contributed by atoms with Crippen LogP contribution in [-0.4, -0.2) is 6.54 Å². The van der Waals surface area contributed by atoms with Gasteiger partial charge in [-0.2, -0.15) is 0 Å². The van der Waals surface area contributed by atoms with Gasteiger partial charge >= 0.3 is 0 Å². The van der Waals surface area contributed by atoms with Crippen LogP contribution in [0.4, 0.5) is 0 Å². The molecule has 1 aromatic heterocycles. The van der Waals surface area contributed by atoms with Crippen molar-refractivity contribution in [1.29, 1.82) is 0 Å². The van der Waals surface area contributed by atoms with Crippen LogP contribution >= 0.6 is 11.3 Å². The molecule has 0 saturated heterocycles. The summed E-state index contributed by atoms with van der Waals surface area (Å²) < 4.78 is 0. The van der Waals surface area contributed by atoms with Crippen molar-refractivity contribution >= 4 is 11.3 Å². The molecule has 2 rings (SSSR count). The number of aryl methyl sites for hydroxylation is 1. The highest BCUT2D eigenvalue weighted by Gasteiger charge is 2.42. The molecule has 1 N–H and O–H groups in total. The van der Waals surface area contributed by atoms with Gasteiger partial charge in [0.2, 0.25) is 0 Å². The highest BCUT2D eigenvalue weighted by atomic mass is 32.1. The Morgan fingerprint density at radius 2 is 2.00 bits per heavy atom. The van der Waals surface area contributed by atoms with Crippen LogP contribution in [-0.2, 0) is 0 Å². The van der Waals surface area contributed by atoms with Crippen molar-refractivity contribution in [2.75, 3.05) is 6.54 Å². The molecule has 1 nitrogen and oxygen atoms in total. The van der Waals surface area contributed by atoms with E-state index < -0.39 is 0 Å². The molecule has 0 spiro atoms. The number of hydrogen-bond donors (Lipinski definition) is 1. The normalized spacial score (nSPS) is 19.6. The topological polar surface area (TPSA) is 12.0 Å². The Labute approximate surface area is 129 Å². The van der Waals surface area contributed by atoms with Crippen LogP contribution in [0.3, 0.4) is 0 Å². The van der Waals surface area contributed by atoms with Gasteiger partial charge < -0.3 is 5.32 Å². The predicted molar refractivity (Wildman–Crippen MR) is 90.4 cm³/mol. The van der Waals surface area contributed by atoms with E-state index >= 15 is 0 Å². The first-order valence-corrected chi connectivity index (χ1v) is 9.24. The second-order valence-corrected chi connectivity index (χ2v) is 7.97. The summed E-state index contributed by atoms with van der Waals surface area (Å²) in [4.78, 5) is 1.60. The summed E-state index contributed by atoms with van der Waals surface area (Å²) in [7, 11) is 0. The van der Waals surface area contributed by atoms with Crippen LogP contribution in [0.15, 0.2) is 11.4 Å². The molecule has 1 aliphatic rings. The monoisotopic (exact) mass is 293 g/mol. The highest BCUT2D eigenvalue weighted by Crippen LogP contribution is 2.53. The van der Waals surface area contributed by atoms with Crippen LogP contribution in [0.25, 0.3) is 0 Å². The molecule has 0 amide bonds. The molecule has 0 bridgehead atoms. The zero-order chi connectivity index (χ0) is 14.6. The van der Waals surface area contributed by atoms with Crippen molar-refractivity contribution in [2.45, 2.75) is 72.3 Å². The SMILES string of the molecule is CCCNC(c1sccc1C)C1(CC(C)C)CCCC1. The third-order valence-electron chi connectivity index (χ3n) is 4.79. The minimum Gasteiger partial charge on any atom is -0.309 e. The molecule has 1 unspecified atom stereocenters. The standard InChI is InChI=1S/C18H31NS/c1-5-11-19-17(16-15(4)8-12-20-16)18(13-14(2)3)9-6-7-10-18/h8,12,14,17,19H,5-7,9-11,13H2,1-4H3. The Morgan fingerprint density at radius 3 is 2.50 bits per heavy atom. The lowest BCUT2D eigenvalue weighted by Gasteiger charge is -2.40. The highest BCUT2D eigenvalue weighted by molar-refractivity contribution is 7.10. The average molecular weight is 294 g/mol.